The summed E-state index contributed by atoms with van der Waals surface area (Å²) in [5.74, 6) is 0. The summed E-state index contributed by atoms with van der Waals surface area (Å²) in [7, 11) is 0. The minimum absolute atomic E-state index is 1.10. The van der Waals surface area contributed by atoms with Crippen molar-refractivity contribution >= 4 is 42.6 Å². The smallest absolute Gasteiger partial charge is 0.0395 e. The Morgan fingerprint density at radius 1 is 0.857 bits per heavy atom. The Labute approximate surface area is 101 Å². The van der Waals surface area contributed by atoms with Gasteiger partial charge in [-0.15, -0.1) is 0 Å². The van der Waals surface area contributed by atoms with Crippen molar-refractivity contribution in [2.75, 3.05) is 0 Å². The van der Waals surface area contributed by atoms with Crippen molar-refractivity contribution < 1.29 is 0 Å². The molecule has 2 aromatic carbocycles. The van der Waals surface area contributed by atoms with Gasteiger partial charge in [0.25, 0.3) is 0 Å². The lowest BCUT2D eigenvalue weighted by Gasteiger charge is -2.08. The summed E-state index contributed by atoms with van der Waals surface area (Å²) in [5, 5.41) is 2.59. The van der Waals surface area contributed by atoms with Crippen molar-refractivity contribution in [1.82, 2.24) is 0 Å². The van der Waals surface area contributed by atoms with Crippen LogP contribution in [-0.4, -0.2) is 0 Å². The second-order valence-corrected chi connectivity index (χ2v) is 5.11. The average molecular weight is 314 g/mol. The summed E-state index contributed by atoms with van der Waals surface area (Å²) >= 11 is 7.11. The molecule has 2 heteroatoms. The third-order valence-corrected chi connectivity index (χ3v) is 4.68. The molecular formula is C12H10Br2. The summed E-state index contributed by atoms with van der Waals surface area (Å²) in [6.07, 6.45) is 0. The van der Waals surface area contributed by atoms with Crippen LogP contribution in [-0.2, 0) is 0 Å². The maximum Gasteiger partial charge on any atom is 0.0395 e. The fraction of sp³-hybridized carbons (Fsp3) is 0.167. The molecule has 0 radical (unpaired) electrons. The number of benzene rings is 2. The second kappa shape index (κ2) is 3.67. The predicted octanol–water partition coefficient (Wildman–Crippen LogP) is 4.98. The predicted molar refractivity (Wildman–Crippen MR) is 68.8 cm³/mol. The van der Waals surface area contributed by atoms with Gasteiger partial charge in [0.05, 0.1) is 0 Å². The Balaban J connectivity index is 2.94. The number of aryl methyl sites for hydroxylation is 2. The highest BCUT2D eigenvalue weighted by Crippen LogP contribution is 2.33. The summed E-state index contributed by atoms with van der Waals surface area (Å²) in [4.78, 5) is 0. The first-order chi connectivity index (χ1) is 6.61. The Morgan fingerprint density at radius 3 is 2.21 bits per heavy atom. The quantitative estimate of drug-likeness (QED) is 0.643. The molecule has 0 atom stereocenters. The molecule has 0 aliphatic heterocycles. The Hall–Kier alpha value is -0.340. The van der Waals surface area contributed by atoms with E-state index in [-0.39, 0.29) is 0 Å². The number of fused-ring (bicyclic) bond motifs is 1. The fourth-order valence-corrected chi connectivity index (χ4v) is 2.43. The first-order valence-electron chi connectivity index (χ1n) is 4.45. The van der Waals surface area contributed by atoms with Crippen LogP contribution in [0.4, 0.5) is 0 Å². The van der Waals surface area contributed by atoms with Crippen molar-refractivity contribution in [3.05, 3.63) is 44.3 Å². The van der Waals surface area contributed by atoms with Gasteiger partial charge >= 0.3 is 0 Å². The molecule has 0 saturated carbocycles. The number of hydrogen-bond donors (Lipinski definition) is 0. The molecule has 0 fully saturated rings. The van der Waals surface area contributed by atoms with Gasteiger partial charge in [-0.3, -0.25) is 0 Å². The maximum atomic E-state index is 3.59. The van der Waals surface area contributed by atoms with Crippen LogP contribution >= 0.6 is 31.9 Å². The van der Waals surface area contributed by atoms with E-state index in [4.69, 9.17) is 0 Å². The molecule has 0 heterocycles. The van der Waals surface area contributed by atoms with Gasteiger partial charge in [0.2, 0.25) is 0 Å². The monoisotopic (exact) mass is 312 g/mol. The number of hydrogen-bond acceptors (Lipinski definition) is 0. The topological polar surface area (TPSA) is 0 Å². The third kappa shape index (κ3) is 1.51. The van der Waals surface area contributed by atoms with Gasteiger partial charge in [-0.05, 0) is 73.7 Å². The molecule has 0 unspecified atom stereocenters. The summed E-state index contributed by atoms with van der Waals surface area (Å²) in [5.41, 5.74) is 2.70. The molecule has 0 spiro atoms. The highest BCUT2D eigenvalue weighted by molar-refractivity contribution is 9.13. The van der Waals surface area contributed by atoms with Crippen molar-refractivity contribution in [2.45, 2.75) is 13.8 Å². The van der Waals surface area contributed by atoms with Gasteiger partial charge in [-0.25, -0.2) is 0 Å². The van der Waals surface area contributed by atoms with Crippen LogP contribution in [0.1, 0.15) is 11.1 Å². The standard InChI is InChI=1S/C12H10Br2/c1-7-3-4-10-9(8(7)2)5-6-11(13)12(10)14/h3-6H,1-2H3. The minimum Gasteiger partial charge on any atom is -0.0584 e. The lowest BCUT2D eigenvalue weighted by Crippen LogP contribution is -1.84. The van der Waals surface area contributed by atoms with E-state index in [0.717, 1.165) is 8.95 Å². The normalized spacial score (nSPS) is 10.9. The van der Waals surface area contributed by atoms with E-state index in [2.05, 4.69) is 70.0 Å². The molecule has 0 N–H and O–H groups in total. The molecule has 0 aliphatic carbocycles. The highest BCUT2D eigenvalue weighted by Gasteiger charge is 2.05. The zero-order valence-corrected chi connectivity index (χ0v) is 11.2. The summed E-state index contributed by atoms with van der Waals surface area (Å²) < 4.78 is 2.24. The van der Waals surface area contributed by atoms with Gasteiger partial charge in [-0.2, -0.15) is 0 Å². The molecule has 0 amide bonds. The van der Waals surface area contributed by atoms with E-state index >= 15 is 0 Å². The van der Waals surface area contributed by atoms with Crippen LogP contribution in [0.2, 0.25) is 0 Å². The summed E-state index contributed by atoms with van der Waals surface area (Å²) in [6, 6.07) is 8.56. The molecule has 14 heavy (non-hydrogen) atoms. The van der Waals surface area contributed by atoms with Crippen molar-refractivity contribution in [3.8, 4) is 0 Å². The van der Waals surface area contributed by atoms with E-state index < -0.39 is 0 Å². The van der Waals surface area contributed by atoms with Crippen LogP contribution in [0.5, 0.6) is 0 Å². The van der Waals surface area contributed by atoms with E-state index in [9.17, 15) is 0 Å². The molecule has 0 bridgehead atoms. The first kappa shape index (κ1) is 10.2. The van der Waals surface area contributed by atoms with Crippen LogP contribution in [0.3, 0.4) is 0 Å². The second-order valence-electron chi connectivity index (χ2n) is 3.46. The molecule has 0 aromatic heterocycles. The molecule has 72 valence electrons. The van der Waals surface area contributed by atoms with Crippen LogP contribution in [0.25, 0.3) is 10.8 Å². The van der Waals surface area contributed by atoms with Crippen LogP contribution < -0.4 is 0 Å². The minimum atomic E-state index is 1.10. The molecule has 2 aromatic rings. The van der Waals surface area contributed by atoms with Gasteiger partial charge in [0.1, 0.15) is 0 Å². The van der Waals surface area contributed by atoms with Crippen LogP contribution in [0, 0.1) is 13.8 Å². The zero-order valence-electron chi connectivity index (χ0n) is 8.07. The maximum absolute atomic E-state index is 3.59. The molecular weight excluding hydrogens is 304 g/mol. The highest BCUT2D eigenvalue weighted by atomic mass is 79.9. The van der Waals surface area contributed by atoms with Gasteiger partial charge in [-0.1, -0.05) is 18.2 Å². The largest absolute Gasteiger partial charge is 0.0584 e. The van der Waals surface area contributed by atoms with Gasteiger partial charge < -0.3 is 0 Å². The van der Waals surface area contributed by atoms with Crippen molar-refractivity contribution in [2.24, 2.45) is 0 Å². The third-order valence-electron chi connectivity index (χ3n) is 2.63. The van der Waals surface area contributed by atoms with Crippen LogP contribution in [0.15, 0.2) is 33.2 Å². The Morgan fingerprint density at radius 2 is 1.50 bits per heavy atom. The van der Waals surface area contributed by atoms with Gasteiger partial charge in [0, 0.05) is 8.95 Å². The lowest BCUT2D eigenvalue weighted by atomic mass is 10.0. The summed E-state index contributed by atoms with van der Waals surface area (Å²) in [6.45, 7) is 4.31. The molecule has 2 rings (SSSR count). The van der Waals surface area contributed by atoms with E-state index in [1.165, 1.54) is 21.9 Å². The lowest BCUT2D eigenvalue weighted by molar-refractivity contribution is 1.38. The zero-order chi connectivity index (χ0) is 10.3. The Kier molecular flexibility index (Phi) is 2.67. The fourth-order valence-electron chi connectivity index (χ4n) is 1.60. The number of halogens is 2. The molecule has 0 aliphatic rings. The van der Waals surface area contributed by atoms with E-state index in [0.29, 0.717) is 0 Å². The van der Waals surface area contributed by atoms with Gasteiger partial charge in [0.15, 0.2) is 0 Å². The SMILES string of the molecule is Cc1ccc2c(Br)c(Br)ccc2c1C. The van der Waals surface area contributed by atoms with E-state index in [1.54, 1.807) is 0 Å². The van der Waals surface area contributed by atoms with Crippen molar-refractivity contribution in [3.63, 3.8) is 0 Å². The molecule has 0 nitrogen and oxygen atoms in total. The average Bonchev–Trinajstić information content (AvgIpc) is 2.17. The van der Waals surface area contributed by atoms with Crippen molar-refractivity contribution in [1.29, 1.82) is 0 Å². The van der Waals surface area contributed by atoms with E-state index in [1.807, 2.05) is 0 Å². The Bertz CT molecular complexity index is 454. The number of rotatable bonds is 0. The first-order valence-corrected chi connectivity index (χ1v) is 6.04. The molecule has 0 saturated heterocycles.